The van der Waals surface area contributed by atoms with Crippen molar-refractivity contribution in [3.8, 4) is 0 Å². The van der Waals surface area contributed by atoms with E-state index in [9.17, 15) is 8.42 Å². The van der Waals surface area contributed by atoms with Gasteiger partial charge < -0.3 is 11.1 Å². The van der Waals surface area contributed by atoms with Gasteiger partial charge in [0.2, 0.25) is 10.0 Å². The third kappa shape index (κ3) is 7.81. The first kappa shape index (κ1) is 25.1. The summed E-state index contributed by atoms with van der Waals surface area (Å²) in [6, 6.07) is 10.3. The average Bonchev–Trinajstić information content (AvgIpc) is 2.81. The summed E-state index contributed by atoms with van der Waals surface area (Å²) < 4.78 is 27.7. The zero-order valence-electron chi connectivity index (χ0n) is 19.6. The molecule has 33 heavy (non-hydrogen) atoms. The molecule has 1 saturated carbocycles. The Morgan fingerprint density at radius 2 is 1.70 bits per heavy atom. The van der Waals surface area contributed by atoms with Gasteiger partial charge in [-0.05, 0) is 87.8 Å². The van der Waals surface area contributed by atoms with Crippen molar-refractivity contribution in [2.24, 2.45) is 17.6 Å². The summed E-state index contributed by atoms with van der Waals surface area (Å²) in [4.78, 5) is 4.74. The van der Waals surface area contributed by atoms with Gasteiger partial charge in [0.25, 0.3) is 0 Å². The van der Waals surface area contributed by atoms with Gasteiger partial charge in [0, 0.05) is 30.4 Å². The van der Waals surface area contributed by atoms with E-state index in [4.69, 9.17) is 5.73 Å². The number of hydrogen-bond acceptors (Lipinski definition) is 5. The molecule has 0 bridgehead atoms. The Labute approximate surface area is 198 Å². The molecule has 1 aromatic heterocycles. The van der Waals surface area contributed by atoms with Gasteiger partial charge in [-0.3, -0.25) is 4.98 Å². The van der Waals surface area contributed by atoms with Crippen molar-refractivity contribution in [1.29, 1.82) is 0 Å². The number of rotatable bonds is 10. The van der Waals surface area contributed by atoms with Crippen LogP contribution < -0.4 is 15.8 Å². The van der Waals surface area contributed by atoms with Crippen LogP contribution in [0.5, 0.6) is 0 Å². The van der Waals surface area contributed by atoms with Crippen molar-refractivity contribution in [3.63, 3.8) is 0 Å². The lowest BCUT2D eigenvalue weighted by Crippen LogP contribution is -2.33. The van der Waals surface area contributed by atoms with Gasteiger partial charge >= 0.3 is 0 Å². The number of fused-ring (bicyclic) bond motifs is 1. The second-order valence-corrected chi connectivity index (χ2v) is 10.9. The van der Waals surface area contributed by atoms with Crippen LogP contribution in [-0.2, 0) is 16.6 Å². The molecule has 1 fully saturated rings. The van der Waals surface area contributed by atoms with E-state index < -0.39 is 10.0 Å². The number of hydrogen-bond donors (Lipinski definition) is 3. The molecule has 3 rings (SSSR count). The van der Waals surface area contributed by atoms with Gasteiger partial charge in [-0.15, -0.1) is 0 Å². The van der Waals surface area contributed by atoms with Crippen LogP contribution in [0, 0.1) is 11.8 Å². The van der Waals surface area contributed by atoms with Gasteiger partial charge in [-0.2, -0.15) is 0 Å². The van der Waals surface area contributed by atoms with E-state index in [0.717, 1.165) is 44.3 Å². The van der Waals surface area contributed by atoms with E-state index in [1.807, 2.05) is 18.3 Å². The van der Waals surface area contributed by atoms with Crippen molar-refractivity contribution < 1.29 is 8.42 Å². The Morgan fingerprint density at radius 3 is 2.42 bits per heavy atom. The first-order valence-electron chi connectivity index (χ1n) is 11.7. The fourth-order valence-corrected chi connectivity index (χ4v) is 5.13. The SMILES string of the molecule is C\C(N)=C/C=C\C=C(/C)S(=O)(=O)NCC1CCC(CNCc2ccnc3ccccc23)CC1. The van der Waals surface area contributed by atoms with E-state index in [1.165, 1.54) is 10.9 Å². The van der Waals surface area contributed by atoms with Gasteiger partial charge in [-0.1, -0.05) is 30.4 Å². The number of aromatic nitrogens is 1. The van der Waals surface area contributed by atoms with Crippen molar-refractivity contribution in [2.75, 3.05) is 13.1 Å². The van der Waals surface area contributed by atoms with Crippen molar-refractivity contribution in [3.05, 3.63) is 77.0 Å². The molecule has 0 spiro atoms. The largest absolute Gasteiger partial charge is 0.402 e. The second kappa shape index (κ2) is 12.1. The molecule has 0 unspecified atom stereocenters. The number of sulfonamides is 1. The third-order valence-electron chi connectivity index (χ3n) is 6.24. The summed E-state index contributed by atoms with van der Waals surface area (Å²) in [5.41, 5.74) is 8.54. The van der Waals surface area contributed by atoms with Crippen molar-refractivity contribution in [2.45, 2.75) is 46.1 Å². The summed E-state index contributed by atoms with van der Waals surface area (Å²) in [5.74, 6) is 1.03. The topological polar surface area (TPSA) is 97.1 Å². The number of allylic oxidation sites excluding steroid dienone is 6. The third-order valence-corrected chi connectivity index (χ3v) is 7.77. The number of para-hydroxylation sites is 1. The molecule has 1 heterocycles. The molecule has 0 saturated heterocycles. The predicted octanol–water partition coefficient (Wildman–Crippen LogP) is 4.37. The van der Waals surface area contributed by atoms with Gasteiger partial charge in [0.1, 0.15) is 0 Å². The Kier molecular flexibility index (Phi) is 9.23. The predicted molar refractivity (Wildman–Crippen MR) is 137 cm³/mol. The lowest BCUT2D eigenvalue weighted by molar-refractivity contribution is 0.268. The standard InChI is InChI=1S/C26H36N4O2S/c1-20(27)7-3-4-8-21(2)33(31,32)30-18-23-13-11-22(12-14-23)17-28-19-24-15-16-29-26-10-6-5-9-25(24)26/h3-10,15-16,22-23,28,30H,11-14,17-19,27H2,1-2H3/b4-3-,20-7+,21-8+. The highest BCUT2D eigenvalue weighted by Gasteiger charge is 2.23. The molecule has 178 valence electrons. The van der Waals surface area contributed by atoms with E-state index in [2.05, 4.69) is 33.2 Å². The number of nitrogens with two attached hydrogens (primary N) is 1. The number of pyridine rings is 1. The molecular formula is C26H36N4O2S. The molecule has 6 nitrogen and oxygen atoms in total. The van der Waals surface area contributed by atoms with Crippen molar-refractivity contribution in [1.82, 2.24) is 15.0 Å². The summed E-state index contributed by atoms with van der Waals surface area (Å²) in [5, 5.41) is 4.82. The molecule has 7 heteroatoms. The van der Waals surface area contributed by atoms with Gasteiger partial charge in [0.15, 0.2) is 0 Å². The zero-order chi connectivity index (χ0) is 23.7. The average molecular weight is 469 g/mol. The lowest BCUT2D eigenvalue weighted by Gasteiger charge is -2.29. The zero-order valence-corrected chi connectivity index (χ0v) is 20.4. The Balaban J connectivity index is 1.39. The van der Waals surface area contributed by atoms with Crippen LogP contribution in [0.3, 0.4) is 0 Å². The highest BCUT2D eigenvalue weighted by molar-refractivity contribution is 7.93. The summed E-state index contributed by atoms with van der Waals surface area (Å²) in [7, 11) is -3.45. The van der Waals surface area contributed by atoms with E-state index in [1.54, 1.807) is 38.2 Å². The van der Waals surface area contributed by atoms with Crippen LogP contribution in [-0.4, -0.2) is 26.5 Å². The summed E-state index contributed by atoms with van der Waals surface area (Å²) in [6.07, 6.45) is 13.0. The molecule has 0 radical (unpaired) electrons. The fraction of sp³-hybridized carbons (Fsp3) is 0.423. The minimum Gasteiger partial charge on any atom is -0.402 e. The maximum Gasteiger partial charge on any atom is 0.236 e. The normalized spacial score (nSPS) is 20.5. The lowest BCUT2D eigenvalue weighted by atomic mass is 9.82. The van der Waals surface area contributed by atoms with Crippen LogP contribution in [0.2, 0.25) is 0 Å². The van der Waals surface area contributed by atoms with E-state index in [0.29, 0.717) is 29.0 Å². The molecule has 2 aromatic rings. The highest BCUT2D eigenvalue weighted by Crippen LogP contribution is 2.28. The minimum atomic E-state index is -3.45. The molecule has 0 aliphatic heterocycles. The molecule has 1 aromatic carbocycles. The Bertz CT molecular complexity index is 1100. The fourth-order valence-electron chi connectivity index (χ4n) is 4.19. The molecule has 1 aliphatic carbocycles. The van der Waals surface area contributed by atoms with Crippen molar-refractivity contribution >= 4 is 20.9 Å². The molecule has 0 atom stereocenters. The first-order chi connectivity index (χ1) is 15.8. The smallest absolute Gasteiger partial charge is 0.236 e. The van der Waals surface area contributed by atoms with Crippen LogP contribution in [0.4, 0.5) is 0 Å². The highest BCUT2D eigenvalue weighted by atomic mass is 32.2. The van der Waals surface area contributed by atoms with Crippen LogP contribution in [0.1, 0.15) is 45.1 Å². The minimum absolute atomic E-state index is 0.309. The van der Waals surface area contributed by atoms with Crippen LogP contribution in [0.15, 0.2) is 71.4 Å². The maximum absolute atomic E-state index is 12.5. The van der Waals surface area contributed by atoms with Gasteiger partial charge in [-0.25, -0.2) is 13.1 Å². The van der Waals surface area contributed by atoms with Crippen LogP contribution >= 0.6 is 0 Å². The van der Waals surface area contributed by atoms with E-state index >= 15 is 0 Å². The second-order valence-electron chi connectivity index (χ2n) is 8.93. The molecule has 0 amide bonds. The van der Waals surface area contributed by atoms with Gasteiger partial charge in [0.05, 0.1) is 10.4 Å². The number of nitrogens with one attached hydrogen (secondary N) is 2. The summed E-state index contributed by atoms with van der Waals surface area (Å²) >= 11 is 0. The Hall–Kier alpha value is -2.48. The van der Waals surface area contributed by atoms with E-state index in [-0.39, 0.29) is 0 Å². The molecule has 4 N–H and O–H groups in total. The number of nitrogens with zero attached hydrogens (tertiary/aromatic N) is 1. The molecule has 1 aliphatic rings. The van der Waals surface area contributed by atoms with Crippen LogP contribution in [0.25, 0.3) is 10.9 Å². The molecular weight excluding hydrogens is 432 g/mol. The number of benzene rings is 1. The first-order valence-corrected chi connectivity index (χ1v) is 13.1. The summed E-state index contributed by atoms with van der Waals surface area (Å²) in [6.45, 7) is 5.72. The quantitative estimate of drug-likeness (QED) is 0.450. The maximum atomic E-state index is 12.5. The Morgan fingerprint density at radius 1 is 1.03 bits per heavy atom. The monoisotopic (exact) mass is 468 g/mol.